The minimum atomic E-state index is -0.193. The Morgan fingerprint density at radius 1 is 1.13 bits per heavy atom. The van der Waals surface area contributed by atoms with Gasteiger partial charge in [-0.05, 0) is 44.0 Å². The Morgan fingerprint density at radius 2 is 1.91 bits per heavy atom. The summed E-state index contributed by atoms with van der Waals surface area (Å²) in [5.41, 5.74) is 4.15. The first-order valence-electron chi connectivity index (χ1n) is 7.75. The van der Waals surface area contributed by atoms with Crippen LogP contribution in [0.4, 0.5) is 5.69 Å². The number of aryl methyl sites for hydroxylation is 2. The molecule has 0 saturated carbocycles. The second-order valence-corrected chi connectivity index (χ2v) is 5.40. The summed E-state index contributed by atoms with van der Waals surface area (Å²) in [5, 5.41) is 2.82. The van der Waals surface area contributed by atoms with E-state index >= 15 is 0 Å². The number of ether oxygens (including phenoxy) is 2. The highest BCUT2D eigenvalue weighted by atomic mass is 16.5. The van der Waals surface area contributed by atoms with Gasteiger partial charge in [0.25, 0.3) is 0 Å². The molecule has 0 saturated heterocycles. The lowest BCUT2D eigenvalue weighted by Gasteiger charge is -2.12. The van der Waals surface area contributed by atoms with Gasteiger partial charge >= 0.3 is 0 Å². The van der Waals surface area contributed by atoms with Crippen LogP contribution in [0.25, 0.3) is 0 Å². The minimum Gasteiger partial charge on any atom is -0.492 e. The third-order valence-electron chi connectivity index (χ3n) is 3.45. The zero-order valence-electron chi connectivity index (χ0n) is 13.9. The Labute approximate surface area is 137 Å². The molecule has 1 amide bonds. The largest absolute Gasteiger partial charge is 0.492 e. The van der Waals surface area contributed by atoms with E-state index in [1.165, 1.54) is 11.1 Å². The van der Waals surface area contributed by atoms with Crippen molar-refractivity contribution in [2.24, 2.45) is 0 Å². The molecule has 0 fully saturated rings. The van der Waals surface area contributed by atoms with Gasteiger partial charge in [-0.2, -0.15) is 0 Å². The summed E-state index contributed by atoms with van der Waals surface area (Å²) in [5.74, 6) is 0.472. The highest BCUT2D eigenvalue weighted by Gasteiger charge is 2.08. The van der Waals surface area contributed by atoms with Crippen LogP contribution in [0.2, 0.25) is 0 Å². The number of benzene rings is 2. The van der Waals surface area contributed by atoms with E-state index in [0.29, 0.717) is 24.7 Å². The van der Waals surface area contributed by atoms with Crippen LogP contribution in [0.1, 0.15) is 23.6 Å². The number of hydrogen-bond donors (Lipinski definition) is 1. The highest BCUT2D eigenvalue weighted by molar-refractivity contribution is 5.93. The quantitative estimate of drug-likeness (QED) is 0.844. The maximum Gasteiger partial charge on any atom is 0.250 e. The van der Waals surface area contributed by atoms with Crippen LogP contribution in [0.3, 0.4) is 0 Å². The smallest absolute Gasteiger partial charge is 0.250 e. The van der Waals surface area contributed by atoms with Crippen molar-refractivity contribution in [3.8, 4) is 5.75 Å². The fourth-order valence-electron chi connectivity index (χ4n) is 2.30. The van der Waals surface area contributed by atoms with Crippen LogP contribution >= 0.6 is 0 Å². The van der Waals surface area contributed by atoms with Gasteiger partial charge in [-0.3, -0.25) is 4.79 Å². The van der Waals surface area contributed by atoms with Crippen LogP contribution in [0.5, 0.6) is 5.75 Å². The molecule has 0 atom stereocenters. The molecule has 0 unspecified atom stereocenters. The van der Waals surface area contributed by atoms with Gasteiger partial charge in [-0.1, -0.05) is 35.9 Å². The molecule has 122 valence electrons. The van der Waals surface area contributed by atoms with Crippen LogP contribution < -0.4 is 10.1 Å². The number of amides is 1. The Bertz CT molecular complexity index is 667. The van der Waals surface area contributed by atoms with Crippen LogP contribution in [-0.4, -0.2) is 19.1 Å². The predicted octanol–water partition coefficient (Wildman–Crippen LogP) is 3.86. The van der Waals surface area contributed by atoms with Crippen LogP contribution in [-0.2, 0) is 16.1 Å². The van der Waals surface area contributed by atoms with E-state index in [2.05, 4.69) is 18.3 Å². The molecule has 0 aliphatic carbocycles. The van der Waals surface area contributed by atoms with Crippen LogP contribution in [0.15, 0.2) is 42.5 Å². The second kappa shape index (κ2) is 8.34. The number of anilines is 1. The fourth-order valence-corrected chi connectivity index (χ4v) is 2.30. The Kier molecular flexibility index (Phi) is 6.18. The summed E-state index contributed by atoms with van der Waals surface area (Å²) in [7, 11) is 0. The second-order valence-electron chi connectivity index (χ2n) is 5.40. The van der Waals surface area contributed by atoms with E-state index < -0.39 is 0 Å². The number of rotatable bonds is 7. The minimum absolute atomic E-state index is 0.00771. The Morgan fingerprint density at radius 3 is 2.65 bits per heavy atom. The van der Waals surface area contributed by atoms with Gasteiger partial charge in [-0.25, -0.2) is 0 Å². The third-order valence-corrected chi connectivity index (χ3v) is 3.45. The first-order valence-corrected chi connectivity index (χ1v) is 7.75. The van der Waals surface area contributed by atoms with Crippen molar-refractivity contribution in [1.82, 2.24) is 0 Å². The maximum atomic E-state index is 12.0. The van der Waals surface area contributed by atoms with Crippen molar-refractivity contribution >= 4 is 11.6 Å². The van der Waals surface area contributed by atoms with Crippen molar-refractivity contribution in [2.45, 2.75) is 27.4 Å². The molecule has 0 aliphatic rings. The number of carbonyl (C=O) groups excluding carboxylic acids is 1. The summed E-state index contributed by atoms with van der Waals surface area (Å²) in [6.45, 7) is 6.99. The first kappa shape index (κ1) is 17.0. The summed E-state index contributed by atoms with van der Waals surface area (Å²) in [4.78, 5) is 12.0. The van der Waals surface area contributed by atoms with Crippen molar-refractivity contribution in [3.63, 3.8) is 0 Å². The summed E-state index contributed by atoms with van der Waals surface area (Å²) >= 11 is 0. The molecule has 0 aliphatic heterocycles. The van der Waals surface area contributed by atoms with E-state index in [-0.39, 0.29) is 12.5 Å². The average molecular weight is 313 g/mol. The van der Waals surface area contributed by atoms with Crippen molar-refractivity contribution in [1.29, 1.82) is 0 Å². The molecule has 0 radical (unpaired) electrons. The third kappa shape index (κ3) is 5.11. The summed E-state index contributed by atoms with van der Waals surface area (Å²) < 4.78 is 11.0. The molecule has 0 aromatic heterocycles. The Hall–Kier alpha value is -2.33. The average Bonchev–Trinajstić information content (AvgIpc) is 2.52. The molecule has 4 nitrogen and oxygen atoms in total. The lowest BCUT2D eigenvalue weighted by molar-refractivity contribution is -0.121. The van der Waals surface area contributed by atoms with Gasteiger partial charge in [0, 0.05) is 0 Å². The standard InChI is InChI=1S/C19H23NO3/c1-4-23-18-8-6-5-7-17(18)20-19(21)13-22-12-16-10-9-14(2)11-15(16)3/h5-11H,4,12-13H2,1-3H3,(H,20,21). The number of nitrogens with one attached hydrogen (secondary N) is 1. The summed E-state index contributed by atoms with van der Waals surface area (Å²) in [6, 6.07) is 13.6. The molecule has 2 aromatic rings. The molecule has 2 rings (SSSR count). The highest BCUT2D eigenvalue weighted by Crippen LogP contribution is 2.23. The lowest BCUT2D eigenvalue weighted by atomic mass is 10.1. The van der Waals surface area contributed by atoms with Gasteiger partial charge in [0.05, 0.1) is 18.9 Å². The maximum absolute atomic E-state index is 12.0. The molecule has 4 heteroatoms. The van der Waals surface area contributed by atoms with Gasteiger partial charge in [0.15, 0.2) is 0 Å². The molecule has 2 aromatic carbocycles. The van der Waals surface area contributed by atoms with Gasteiger partial charge < -0.3 is 14.8 Å². The SMILES string of the molecule is CCOc1ccccc1NC(=O)COCc1ccc(C)cc1C. The van der Waals surface area contributed by atoms with E-state index in [9.17, 15) is 4.79 Å². The van der Waals surface area contributed by atoms with Gasteiger partial charge in [0.1, 0.15) is 12.4 Å². The monoisotopic (exact) mass is 313 g/mol. The zero-order chi connectivity index (χ0) is 16.7. The zero-order valence-corrected chi connectivity index (χ0v) is 13.9. The van der Waals surface area contributed by atoms with E-state index in [1.54, 1.807) is 0 Å². The molecule has 23 heavy (non-hydrogen) atoms. The topological polar surface area (TPSA) is 47.6 Å². The number of para-hydroxylation sites is 2. The van der Waals surface area contributed by atoms with Crippen molar-refractivity contribution < 1.29 is 14.3 Å². The summed E-state index contributed by atoms with van der Waals surface area (Å²) in [6.07, 6.45) is 0. The van der Waals surface area contributed by atoms with Crippen molar-refractivity contribution in [3.05, 3.63) is 59.2 Å². The van der Waals surface area contributed by atoms with Gasteiger partial charge in [-0.15, -0.1) is 0 Å². The molecular weight excluding hydrogens is 290 g/mol. The molecule has 0 heterocycles. The molecular formula is C19H23NO3. The normalized spacial score (nSPS) is 10.4. The first-order chi connectivity index (χ1) is 11.1. The van der Waals surface area contributed by atoms with Crippen molar-refractivity contribution in [2.75, 3.05) is 18.5 Å². The van der Waals surface area contributed by atoms with E-state index in [0.717, 1.165) is 5.56 Å². The molecule has 0 spiro atoms. The predicted molar refractivity (Wildman–Crippen MR) is 91.8 cm³/mol. The lowest BCUT2D eigenvalue weighted by Crippen LogP contribution is -2.19. The van der Waals surface area contributed by atoms with Crippen LogP contribution in [0, 0.1) is 13.8 Å². The van der Waals surface area contributed by atoms with Gasteiger partial charge in [0.2, 0.25) is 5.91 Å². The molecule has 0 bridgehead atoms. The Balaban J connectivity index is 1.86. The number of hydrogen-bond acceptors (Lipinski definition) is 3. The van der Waals surface area contributed by atoms with E-state index in [4.69, 9.17) is 9.47 Å². The van der Waals surface area contributed by atoms with E-state index in [1.807, 2.05) is 50.2 Å². The molecule has 1 N–H and O–H groups in total. The fraction of sp³-hybridized carbons (Fsp3) is 0.316. The number of carbonyl (C=O) groups is 1.